The minimum absolute atomic E-state index is 0.00563. The molecule has 0 aliphatic rings. The number of benzene rings is 1. The van der Waals surface area contributed by atoms with Gasteiger partial charge in [0.25, 0.3) is 0 Å². The molecule has 0 heterocycles. The normalized spacial score (nSPS) is 12.9. The topological polar surface area (TPSA) is 84.6 Å². The lowest BCUT2D eigenvalue weighted by atomic mass is 10.1. The van der Waals surface area contributed by atoms with Crippen molar-refractivity contribution in [2.45, 2.75) is 39.0 Å². The molecule has 0 bridgehead atoms. The Balaban J connectivity index is 2.46. The number of carbonyl (C=O) groups is 1. The number of hydrogen-bond donors (Lipinski definition) is 3. The first kappa shape index (κ1) is 15.5. The standard InChI is InChI=1S/C14H22N2O3/c1-14(2,3)19-13(18)16-8-12(15)11-6-4-10(9-17)5-7-11/h4-7,12,17H,8-9,15H2,1-3H3,(H,16,18). The summed E-state index contributed by atoms with van der Waals surface area (Å²) < 4.78 is 5.12. The highest BCUT2D eigenvalue weighted by molar-refractivity contribution is 5.67. The summed E-state index contributed by atoms with van der Waals surface area (Å²) in [4.78, 5) is 11.5. The number of carbonyl (C=O) groups excluding carboxylic acids is 1. The number of aliphatic hydroxyl groups excluding tert-OH is 1. The van der Waals surface area contributed by atoms with Gasteiger partial charge >= 0.3 is 6.09 Å². The molecule has 0 saturated carbocycles. The summed E-state index contributed by atoms with van der Waals surface area (Å²) in [6.07, 6.45) is -0.477. The number of ether oxygens (including phenoxy) is 1. The molecule has 0 saturated heterocycles. The van der Waals surface area contributed by atoms with Crippen molar-refractivity contribution in [1.29, 1.82) is 0 Å². The van der Waals surface area contributed by atoms with Crippen LogP contribution >= 0.6 is 0 Å². The third-order valence-electron chi connectivity index (χ3n) is 2.46. The van der Waals surface area contributed by atoms with Crippen LogP contribution in [0.5, 0.6) is 0 Å². The first-order valence-electron chi connectivity index (χ1n) is 6.24. The molecule has 1 aromatic carbocycles. The SMILES string of the molecule is CC(C)(C)OC(=O)NCC(N)c1ccc(CO)cc1. The molecule has 19 heavy (non-hydrogen) atoms. The summed E-state index contributed by atoms with van der Waals surface area (Å²) in [6, 6.07) is 6.99. The molecule has 0 fully saturated rings. The van der Waals surface area contributed by atoms with E-state index in [-0.39, 0.29) is 12.6 Å². The highest BCUT2D eigenvalue weighted by atomic mass is 16.6. The summed E-state index contributed by atoms with van der Waals surface area (Å²) in [7, 11) is 0. The van der Waals surface area contributed by atoms with Gasteiger partial charge in [0.15, 0.2) is 0 Å². The van der Waals surface area contributed by atoms with Crippen molar-refractivity contribution in [3.05, 3.63) is 35.4 Å². The van der Waals surface area contributed by atoms with E-state index in [1.165, 1.54) is 0 Å². The van der Waals surface area contributed by atoms with E-state index in [4.69, 9.17) is 15.6 Å². The predicted molar refractivity (Wildman–Crippen MR) is 73.5 cm³/mol. The number of nitrogens with one attached hydrogen (secondary N) is 1. The number of nitrogens with two attached hydrogens (primary N) is 1. The molecule has 0 aliphatic heterocycles. The van der Waals surface area contributed by atoms with Gasteiger partial charge in [0.2, 0.25) is 0 Å². The third-order valence-corrected chi connectivity index (χ3v) is 2.46. The Morgan fingerprint density at radius 1 is 1.37 bits per heavy atom. The lowest BCUT2D eigenvalue weighted by molar-refractivity contribution is 0.0524. The highest BCUT2D eigenvalue weighted by Crippen LogP contribution is 2.12. The fraction of sp³-hybridized carbons (Fsp3) is 0.500. The average molecular weight is 266 g/mol. The molecular weight excluding hydrogens is 244 g/mol. The van der Waals surface area contributed by atoms with Gasteiger partial charge in [-0.05, 0) is 31.9 Å². The molecule has 0 aromatic heterocycles. The molecule has 1 aromatic rings. The van der Waals surface area contributed by atoms with Crippen LogP contribution in [0.15, 0.2) is 24.3 Å². The first-order valence-corrected chi connectivity index (χ1v) is 6.24. The van der Waals surface area contributed by atoms with Crippen LogP contribution in [0.3, 0.4) is 0 Å². The van der Waals surface area contributed by atoms with Crippen LogP contribution < -0.4 is 11.1 Å². The van der Waals surface area contributed by atoms with Crippen LogP contribution in [-0.2, 0) is 11.3 Å². The molecule has 1 rings (SSSR count). The van der Waals surface area contributed by atoms with Gasteiger partial charge in [-0.1, -0.05) is 24.3 Å². The molecule has 1 atom stereocenters. The van der Waals surface area contributed by atoms with Crippen molar-refractivity contribution >= 4 is 6.09 Å². The molecular formula is C14H22N2O3. The van der Waals surface area contributed by atoms with Crippen molar-refractivity contribution < 1.29 is 14.6 Å². The maximum Gasteiger partial charge on any atom is 0.407 e. The quantitative estimate of drug-likeness (QED) is 0.774. The minimum atomic E-state index is -0.517. The zero-order valence-electron chi connectivity index (χ0n) is 11.6. The van der Waals surface area contributed by atoms with E-state index >= 15 is 0 Å². The van der Waals surface area contributed by atoms with Gasteiger partial charge in [0.1, 0.15) is 5.60 Å². The van der Waals surface area contributed by atoms with E-state index in [2.05, 4.69) is 5.32 Å². The molecule has 5 nitrogen and oxygen atoms in total. The summed E-state index contributed by atoms with van der Waals surface area (Å²) in [6.45, 7) is 5.72. The van der Waals surface area contributed by atoms with Crippen molar-refractivity contribution in [3.8, 4) is 0 Å². The predicted octanol–water partition coefficient (Wildman–Crippen LogP) is 1.70. The summed E-state index contributed by atoms with van der Waals surface area (Å²) in [5, 5.41) is 11.6. The van der Waals surface area contributed by atoms with E-state index in [1.807, 2.05) is 24.3 Å². The van der Waals surface area contributed by atoms with Gasteiger partial charge in [-0.15, -0.1) is 0 Å². The van der Waals surface area contributed by atoms with Gasteiger partial charge < -0.3 is 20.9 Å². The number of alkyl carbamates (subject to hydrolysis) is 1. The van der Waals surface area contributed by atoms with Gasteiger partial charge in [0, 0.05) is 12.6 Å². The van der Waals surface area contributed by atoms with E-state index in [1.54, 1.807) is 20.8 Å². The third kappa shape index (κ3) is 5.72. The molecule has 0 spiro atoms. The Bertz CT molecular complexity index is 410. The van der Waals surface area contributed by atoms with Crippen molar-refractivity contribution in [2.24, 2.45) is 5.73 Å². The number of amides is 1. The van der Waals surface area contributed by atoms with Crippen molar-refractivity contribution in [1.82, 2.24) is 5.32 Å². The smallest absolute Gasteiger partial charge is 0.407 e. The number of aliphatic hydroxyl groups is 1. The summed E-state index contributed by atoms with van der Waals surface area (Å²) in [5.41, 5.74) is 7.18. The second-order valence-electron chi connectivity index (χ2n) is 5.39. The molecule has 0 aliphatic carbocycles. The molecule has 106 valence electrons. The lowest BCUT2D eigenvalue weighted by Crippen LogP contribution is -2.36. The van der Waals surface area contributed by atoms with Gasteiger partial charge in [0.05, 0.1) is 6.61 Å². The van der Waals surface area contributed by atoms with Crippen molar-refractivity contribution in [3.63, 3.8) is 0 Å². The Kier molecular flexibility index (Phi) is 5.32. The van der Waals surface area contributed by atoms with Crippen LogP contribution in [0, 0.1) is 0 Å². The van der Waals surface area contributed by atoms with Crippen LogP contribution in [0.4, 0.5) is 4.79 Å². The maximum absolute atomic E-state index is 11.5. The lowest BCUT2D eigenvalue weighted by Gasteiger charge is -2.21. The van der Waals surface area contributed by atoms with Gasteiger partial charge in [-0.3, -0.25) is 0 Å². The Hall–Kier alpha value is -1.59. The Morgan fingerprint density at radius 2 is 1.95 bits per heavy atom. The fourth-order valence-electron chi connectivity index (χ4n) is 1.50. The summed E-state index contributed by atoms with van der Waals surface area (Å²) in [5.74, 6) is 0. The average Bonchev–Trinajstić information content (AvgIpc) is 2.34. The first-order chi connectivity index (χ1) is 8.81. The minimum Gasteiger partial charge on any atom is -0.444 e. The Labute approximate surface area is 113 Å². The summed E-state index contributed by atoms with van der Waals surface area (Å²) >= 11 is 0. The molecule has 1 amide bonds. The molecule has 4 N–H and O–H groups in total. The zero-order valence-corrected chi connectivity index (χ0v) is 11.6. The molecule has 5 heteroatoms. The van der Waals surface area contributed by atoms with Crippen LogP contribution in [0.1, 0.15) is 37.9 Å². The Morgan fingerprint density at radius 3 is 2.42 bits per heavy atom. The zero-order chi connectivity index (χ0) is 14.5. The van der Waals surface area contributed by atoms with Crippen LogP contribution in [0.2, 0.25) is 0 Å². The van der Waals surface area contributed by atoms with E-state index in [0.717, 1.165) is 11.1 Å². The molecule has 0 radical (unpaired) electrons. The second kappa shape index (κ2) is 6.54. The van der Waals surface area contributed by atoms with E-state index < -0.39 is 11.7 Å². The number of rotatable bonds is 4. The molecule has 1 unspecified atom stereocenters. The van der Waals surface area contributed by atoms with E-state index in [9.17, 15) is 4.79 Å². The van der Waals surface area contributed by atoms with Crippen LogP contribution in [0.25, 0.3) is 0 Å². The fourth-order valence-corrected chi connectivity index (χ4v) is 1.50. The number of hydrogen-bond acceptors (Lipinski definition) is 4. The highest BCUT2D eigenvalue weighted by Gasteiger charge is 2.16. The monoisotopic (exact) mass is 266 g/mol. The van der Waals surface area contributed by atoms with Gasteiger partial charge in [-0.25, -0.2) is 4.79 Å². The maximum atomic E-state index is 11.5. The second-order valence-corrected chi connectivity index (χ2v) is 5.39. The largest absolute Gasteiger partial charge is 0.444 e. The van der Waals surface area contributed by atoms with Gasteiger partial charge in [-0.2, -0.15) is 0 Å². The van der Waals surface area contributed by atoms with E-state index in [0.29, 0.717) is 6.54 Å². The van der Waals surface area contributed by atoms with Crippen LogP contribution in [-0.4, -0.2) is 23.3 Å². The van der Waals surface area contributed by atoms with Crippen molar-refractivity contribution in [2.75, 3.05) is 6.54 Å².